The number of benzene rings is 1. The van der Waals surface area contributed by atoms with Gasteiger partial charge in [0.2, 0.25) is 5.91 Å². The van der Waals surface area contributed by atoms with Gasteiger partial charge in [0.05, 0.1) is 22.9 Å². The molecule has 0 saturated heterocycles. The Balaban J connectivity index is 1.69. The van der Waals surface area contributed by atoms with Crippen molar-refractivity contribution in [1.29, 1.82) is 0 Å². The number of nitrogens with one attached hydrogen (secondary N) is 2. The third-order valence-corrected chi connectivity index (χ3v) is 4.01. The quantitative estimate of drug-likeness (QED) is 0.764. The molecule has 0 spiro atoms. The van der Waals surface area contributed by atoms with E-state index in [1.165, 1.54) is 0 Å². The fraction of sp³-hybridized carbons (Fsp3) is 0.438. The number of H-pyrrole nitrogens is 1. The molecule has 1 amide bonds. The number of carbonyl (C=O) groups excluding carboxylic acids is 1. The Hall–Kier alpha value is -2.37. The van der Waals surface area contributed by atoms with E-state index in [9.17, 15) is 9.59 Å². The van der Waals surface area contributed by atoms with E-state index in [2.05, 4.69) is 22.2 Å². The molecule has 0 aliphatic heterocycles. The van der Waals surface area contributed by atoms with Gasteiger partial charge < -0.3 is 15.4 Å². The number of aryl methyl sites for hydroxylation is 1. The van der Waals surface area contributed by atoms with E-state index in [0.717, 1.165) is 36.1 Å². The third kappa shape index (κ3) is 2.95. The summed E-state index contributed by atoms with van der Waals surface area (Å²) in [5.74, 6) is -1.11. The maximum absolute atomic E-state index is 12.0. The molecule has 0 bridgehead atoms. The first-order valence-corrected chi connectivity index (χ1v) is 7.60. The van der Waals surface area contributed by atoms with Gasteiger partial charge in [0.25, 0.3) is 0 Å². The van der Waals surface area contributed by atoms with Gasteiger partial charge in [-0.15, -0.1) is 0 Å². The molecule has 3 N–H and O–H groups in total. The van der Waals surface area contributed by atoms with Crippen LogP contribution in [0.3, 0.4) is 0 Å². The normalized spacial score (nSPS) is 20.0. The minimum absolute atomic E-state index is 0.225. The molecule has 1 aromatic heterocycles. The van der Waals surface area contributed by atoms with Crippen LogP contribution in [0.15, 0.2) is 18.2 Å². The molecule has 0 radical (unpaired) electrons. The number of fused-ring (bicyclic) bond motifs is 1. The van der Waals surface area contributed by atoms with Crippen LogP contribution in [0, 0.1) is 11.8 Å². The van der Waals surface area contributed by atoms with Gasteiger partial charge in [-0.1, -0.05) is 13.3 Å². The molecule has 2 atom stereocenters. The number of carboxylic acid groups (broad SMARTS) is 1. The second-order valence-electron chi connectivity index (χ2n) is 5.80. The molecule has 1 heterocycles. The highest BCUT2D eigenvalue weighted by Gasteiger charge is 2.48. The van der Waals surface area contributed by atoms with E-state index in [1.54, 1.807) is 6.07 Å². The summed E-state index contributed by atoms with van der Waals surface area (Å²) in [5, 5.41) is 11.6. The Bertz CT molecular complexity index is 722. The molecule has 2 aromatic rings. The molecule has 1 aromatic carbocycles. The van der Waals surface area contributed by atoms with E-state index >= 15 is 0 Å². The molecule has 22 heavy (non-hydrogen) atoms. The summed E-state index contributed by atoms with van der Waals surface area (Å²) >= 11 is 0. The van der Waals surface area contributed by atoms with Gasteiger partial charge in [0.15, 0.2) is 0 Å². The summed E-state index contributed by atoms with van der Waals surface area (Å²) < 4.78 is 0. The van der Waals surface area contributed by atoms with Crippen LogP contribution in [0.5, 0.6) is 0 Å². The monoisotopic (exact) mass is 301 g/mol. The molecule has 6 nitrogen and oxygen atoms in total. The van der Waals surface area contributed by atoms with Gasteiger partial charge in [-0.25, -0.2) is 4.98 Å². The van der Waals surface area contributed by atoms with Gasteiger partial charge in [0, 0.05) is 12.1 Å². The molecule has 2 unspecified atom stereocenters. The van der Waals surface area contributed by atoms with Crippen molar-refractivity contribution in [3.8, 4) is 0 Å². The number of carboxylic acids is 1. The molecular formula is C16H19N3O3. The lowest BCUT2D eigenvalue weighted by molar-refractivity contribution is -0.139. The van der Waals surface area contributed by atoms with Crippen LogP contribution >= 0.6 is 0 Å². The molecule has 6 heteroatoms. The first kappa shape index (κ1) is 14.6. The van der Waals surface area contributed by atoms with Crippen LogP contribution in [0.25, 0.3) is 11.0 Å². The second kappa shape index (κ2) is 5.79. The molecule has 1 aliphatic rings. The highest BCUT2D eigenvalue weighted by Crippen LogP contribution is 2.39. The summed E-state index contributed by atoms with van der Waals surface area (Å²) in [6, 6.07) is 5.50. The number of rotatable bonds is 6. The first-order chi connectivity index (χ1) is 10.6. The fourth-order valence-corrected chi connectivity index (χ4v) is 2.60. The van der Waals surface area contributed by atoms with Crippen molar-refractivity contribution in [3.05, 3.63) is 24.0 Å². The Labute approximate surface area is 127 Å². The zero-order valence-corrected chi connectivity index (χ0v) is 12.4. The molecule has 116 valence electrons. The summed E-state index contributed by atoms with van der Waals surface area (Å²) in [6.07, 6.45) is 3.54. The Kier molecular flexibility index (Phi) is 3.83. The van der Waals surface area contributed by atoms with Gasteiger partial charge in [0.1, 0.15) is 5.82 Å². The topological polar surface area (TPSA) is 95.1 Å². The van der Waals surface area contributed by atoms with Crippen LogP contribution in [-0.4, -0.2) is 27.0 Å². The number of unbranched alkanes of at least 4 members (excludes halogenated alkanes) is 1. The van der Waals surface area contributed by atoms with E-state index in [4.69, 9.17) is 5.11 Å². The van der Waals surface area contributed by atoms with Crippen molar-refractivity contribution in [2.75, 3.05) is 5.32 Å². The van der Waals surface area contributed by atoms with E-state index < -0.39 is 17.8 Å². The zero-order chi connectivity index (χ0) is 15.7. The van der Waals surface area contributed by atoms with Crippen LogP contribution < -0.4 is 5.32 Å². The number of anilines is 1. The minimum atomic E-state index is -0.898. The summed E-state index contributed by atoms with van der Waals surface area (Å²) in [4.78, 5) is 30.5. The molecule has 3 rings (SSSR count). The van der Waals surface area contributed by atoms with Crippen LogP contribution in [0.4, 0.5) is 5.69 Å². The number of aromatic amines is 1. The standard InChI is InChI=1S/C16H19N3O3/c1-2-3-4-14-18-12-6-5-9(7-13(12)19-14)17-15(20)10-8-11(10)16(21)22/h5-7,10-11H,2-4,8H2,1H3,(H,17,20)(H,18,19)(H,21,22). The first-order valence-electron chi connectivity index (χ1n) is 7.60. The van der Waals surface area contributed by atoms with Crippen molar-refractivity contribution >= 4 is 28.6 Å². The minimum Gasteiger partial charge on any atom is -0.481 e. The SMILES string of the molecule is CCCCc1nc2ccc(NC(=O)C3CC3C(=O)O)cc2[nH]1. The average Bonchev–Trinajstić information content (AvgIpc) is 3.19. The number of imidazole rings is 1. The van der Waals surface area contributed by atoms with E-state index in [1.807, 2.05) is 12.1 Å². The fourth-order valence-electron chi connectivity index (χ4n) is 2.60. The van der Waals surface area contributed by atoms with E-state index in [0.29, 0.717) is 12.1 Å². The van der Waals surface area contributed by atoms with E-state index in [-0.39, 0.29) is 5.91 Å². The van der Waals surface area contributed by atoms with Crippen LogP contribution in [-0.2, 0) is 16.0 Å². The number of nitrogens with zero attached hydrogens (tertiary/aromatic N) is 1. The third-order valence-electron chi connectivity index (χ3n) is 4.01. The number of aromatic nitrogens is 2. The lowest BCUT2D eigenvalue weighted by Crippen LogP contribution is -2.16. The van der Waals surface area contributed by atoms with Crippen molar-refractivity contribution in [2.45, 2.75) is 32.6 Å². The number of hydrogen-bond acceptors (Lipinski definition) is 3. The smallest absolute Gasteiger partial charge is 0.307 e. The average molecular weight is 301 g/mol. The molecule has 1 aliphatic carbocycles. The lowest BCUT2D eigenvalue weighted by Gasteiger charge is -2.04. The number of amides is 1. The van der Waals surface area contributed by atoms with Crippen LogP contribution in [0.2, 0.25) is 0 Å². The Morgan fingerprint density at radius 2 is 2.23 bits per heavy atom. The maximum atomic E-state index is 12.0. The Morgan fingerprint density at radius 3 is 2.91 bits per heavy atom. The van der Waals surface area contributed by atoms with Crippen molar-refractivity contribution < 1.29 is 14.7 Å². The van der Waals surface area contributed by atoms with Crippen molar-refractivity contribution in [2.24, 2.45) is 11.8 Å². The van der Waals surface area contributed by atoms with Gasteiger partial charge in [-0.3, -0.25) is 9.59 Å². The molecule has 1 fully saturated rings. The van der Waals surface area contributed by atoms with Crippen molar-refractivity contribution in [3.63, 3.8) is 0 Å². The number of hydrogen-bond donors (Lipinski definition) is 3. The maximum Gasteiger partial charge on any atom is 0.307 e. The van der Waals surface area contributed by atoms with Crippen LogP contribution in [0.1, 0.15) is 32.0 Å². The molecule has 1 saturated carbocycles. The predicted molar refractivity (Wildman–Crippen MR) is 82.6 cm³/mol. The van der Waals surface area contributed by atoms with Gasteiger partial charge in [-0.2, -0.15) is 0 Å². The number of carbonyl (C=O) groups is 2. The lowest BCUT2D eigenvalue weighted by atomic mass is 10.2. The largest absolute Gasteiger partial charge is 0.481 e. The second-order valence-corrected chi connectivity index (χ2v) is 5.80. The van der Waals surface area contributed by atoms with Gasteiger partial charge in [-0.05, 0) is 31.0 Å². The number of aliphatic carboxylic acids is 1. The Morgan fingerprint density at radius 1 is 1.41 bits per heavy atom. The highest BCUT2D eigenvalue weighted by molar-refractivity contribution is 5.99. The molecular weight excluding hydrogens is 282 g/mol. The summed E-state index contributed by atoms with van der Waals surface area (Å²) in [6.45, 7) is 2.14. The predicted octanol–water partition coefficient (Wildman–Crippen LogP) is 2.56. The zero-order valence-electron chi connectivity index (χ0n) is 12.4. The van der Waals surface area contributed by atoms with Gasteiger partial charge >= 0.3 is 5.97 Å². The summed E-state index contributed by atoms with van der Waals surface area (Å²) in [5.41, 5.74) is 2.42. The highest BCUT2D eigenvalue weighted by atomic mass is 16.4. The summed E-state index contributed by atoms with van der Waals surface area (Å²) in [7, 11) is 0. The van der Waals surface area contributed by atoms with Crippen molar-refractivity contribution in [1.82, 2.24) is 9.97 Å².